The number of thiophene rings is 1. The average Bonchev–Trinajstić information content (AvgIpc) is 2.85. The Hall–Kier alpha value is -1.73. The van der Waals surface area contributed by atoms with E-state index in [1.165, 1.54) is 18.4 Å². The number of nitrogens with zero attached hydrogens (tertiary/aromatic N) is 2. The second-order valence-corrected chi connectivity index (χ2v) is 5.78. The summed E-state index contributed by atoms with van der Waals surface area (Å²) in [4.78, 5) is 34.5. The fourth-order valence-electron chi connectivity index (χ4n) is 2.15. The molecule has 2 aromatic rings. The van der Waals surface area contributed by atoms with Crippen LogP contribution in [-0.4, -0.2) is 41.5 Å². The molecular formula is C14H19N3O3S. The minimum Gasteiger partial charge on any atom is -0.465 e. The van der Waals surface area contributed by atoms with E-state index in [1.807, 2.05) is 25.8 Å². The summed E-state index contributed by atoms with van der Waals surface area (Å²) in [7, 11) is 3.29. The van der Waals surface area contributed by atoms with Crippen LogP contribution < -0.4 is 5.56 Å². The number of hydrogen-bond donors (Lipinski definition) is 1. The number of esters is 1. The maximum Gasteiger partial charge on any atom is 0.348 e. The number of ether oxygens (including phenoxy) is 1. The Kier molecular flexibility index (Phi) is 4.74. The maximum absolute atomic E-state index is 12.3. The maximum atomic E-state index is 12.3. The molecule has 0 aliphatic carbocycles. The predicted octanol–water partition coefficient (Wildman–Crippen LogP) is 1.79. The van der Waals surface area contributed by atoms with Crippen molar-refractivity contribution in [2.45, 2.75) is 26.8 Å². The number of carbonyl (C=O) groups is 1. The van der Waals surface area contributed by atoms with Crippen LogP contribution in [0.25, 0.3) is 10.2 Å². The van der Waals surface area contributed by atoms with Crippen molar-refractivity contribution in [3.05, 3.63) is 26.6 Å². The summed E-state index contributed by atoms with van der Waals surface area (Å²) >= 11 is 1.22. The number of aromatic nitrogens is 2. The van der Waals surface area contributed by atoms with Crippen LogP contribution in [-0.2, 0) is 17.7 Å². The van der Waals surface area contributed by atoms with Crippen LogP contribution in [0, 0.1) is 0 Å². The van der Waals surface area contributed by atoms with Gasteiger partial charge in [0, 0.05) is 0 Å². The molecule has 0 aromatic carbocycles. The molecule has 2 heterocycles. The lowest BCUT2D eigenvalue weighted by atomic mass is 10.1. The van der Waals surface area contributed by atoms with Crippen molar-refractivity contribution in [1.29, 1.82) is 0 Å². The van der Waals surface area contributed by atoms with Crippen LogP contribution in [0.4, 0.5) is 0 Å². The summed E-state index contributed by atoms with van der Waals surface area (Å²) in [6.45, 7) is 5.37. The third-order valence-corrected chi connectivity index (χ3v) is 4.50. The van der Waals surface area contributed by atoms with Gasteiger partial charge in [-0.05, 0) is 25.6 Å². The van der Waals surface area contributed by atoms with E-state index in [1.54, 1.807) is 0 Å². The van der Waals surface area contributed by atoms with Gasteiger partial charge in [0.2, 0.25) is 0 Å². The van der Waals surface area contributed by atoms with E-state index in [-0.39, 0.29) is 5.56 Å². The molecule has 0 radical (unpaired) electrons. The molecule has 0 aliphatic rings. The van der Waals surface area contributed by atoms with Gasteiger partial charge in [-0.1, -0.05) is 13.8 Å². The Morgan fingerprint density at radius 3 is 2.71 bits per heavy atom. The molecule has 2 rings (SSSR count). The molecule has 0 saturated carbocycles. The molecule has 21 heavy (non-hydrogen) atoms. The predicted molar refractivity (Wildman–Crippen MR) is 83.0 cm³/mol. The van der Waals surface area contributed by atoms with Crippen molar-refractivity contribution in [2.75, 3.05) is 20.7 Å². The van der Waals surface area contributed by atoms with Gasteiger partial charge >= 0.3 is 5.97 Å². The summed E-state index contributed by atoms with van der Waals surface area (Å²) in [6.07, 6.45) is 0.587. The molecular weight excluding hydrogens is 290 g/mol. The van der Waals surface area contributed by atoms with E-state index >= 15 is 0 Å². The monoisotopic (exact) mass is 309 g/mol. The van der Waals surface area contributed by atoms with Crippen molar-refractivity contribution in [2.24, 2.45) is 0 Å². The summed E-state index contributed by atoms with van der Waals surface area (Å²) in [5.74, 6) is 0.193. The molecule has 0 fully saturated rings. The van der Waals surface area contributed by atoms with Crippen LogP contribution in [0.1, 0.15) is 34.9 Å². The first kappa shape index (κ1) is 15.7. The molecule has 2 aromatic heterocycles. The standard InChI is InChI=1S/C14H19N3O3S/c1-5-8-10-12(18)15-9(7-17(3)6-2)16-13(10)21-11(8)14(19)20-4/h5-7H2,1-4H3,(H,15,16,18). The lowest BCUT2D eigenvalue weighted by Crippen LogP contribution is -2.21. The van der Waals surface area contributed by atoms with Crippen molar-refractivity contribution in [3.63, 3.8) is 0 Å². The van der Waals surface area contributed by atoms with Crippen molar-refractivity contribution < 1.29 is 9.53 Å². The van der Waals surface area contributed by atoms with Crippen LogP contribution in [0.15, 0.2) is 4.79 Å². The number of fused-ring (bicyclic) bond motifs is 1. The summed E-state index contributed by atoms with van der Waals surface area (Å²) in [5, 5.41) is 0.505. The number of carbonyl (C=O) groups excluding carboxylic acids is 1. The molecule has 0 bridgehead atoms. The number of rotatable bonds is 5. The second kappa shape index (κ2) is 6.36. The molecule has 0 atom stereocenters. The molecule has 0 spiro atoms. The quantitative estimate of drug-likeness (QED) is 0.852. The third kappa shape index (κ3) is 2.98. The minimum atomic E-state index is -0.415. The molecule has 0 aliphatic heterocycles. The summed E-state index contributed by atoms with van der Waals surface area (Å²) in [6, 6.07) is 0. The molecule has 114 valence electrons. The van der Waals surface area contributed by atoms with E-state index in [9.17, 15) is 9.59 Å². The first-order chi connectivity index (χ1) is 10.0. The van der Waals surface area contributed by atoms with Crippen molar-refractivity contribution >= 4 is 27.5 Å². The number of H-pyrrole nitrogens is 1. The van der Waals surface area contributed by atoms with Gasteiger partial charge < -0.3 is 9.72 Å². The lowest BCUT2D eigenvalue weighted by Gasteiger charge is -2.12. The highest BCUT2D eigenvalue weighted by atomic mass is 32.1. The smallest absolute Gasteiger partial charge is 0.348 e. The normalized spacial score (nSPS) is 11.3. The minimum absolute atomic E-state index is 0.192. The van der Waals surface area contributed by atoms with Gasteiger partial charge in [0.15, 0.2) is 0 Å². The van der Waals surface area contributed by atoms with E-state index in [0.717, 1.165) is 6.54 Å². The molecule has 6 nitrogen and oxygen atoms in total. The van der Waals surface area contributed by atoms with E-state index in [0.29, 0.717) is 39.4 Å². The second-order valence-electron chi connectivity index (χ2n) is 4.78. The van der Waals surface area contributed by atoms with Crippen LogP contribution >= 0.6 is 11.3 Å². The summed E-state index contributed by atoms with van der Waals surface area (Å²) < 4.78 is 4.78. The third-order valence-electron chi connectivity index (χ3n) is 3.39. The average molecular weight is 309 g/mol. The molecule has 0 unspecified atom stereocenters. The summed E-state index contributed by atoms with van der Waals surface area (Å²) in [5.41, 5.74) is 0.522. The van der Waals surface area contributed by atoms with E-state index in [2.05, 4.69) is 9.97 Å². The zero-order chi connectivity index (χ0) is 15.6. The lowest BCUT2D eigenvalue weighted by molar-refractivity contribution is 0.0605. The first-order valence-electron chi connectivity index (χ1n) is 6.83. The number of hydrogen-bond acceptors (Lipinski definition) is 6. The zero-order valence-corrected chi connectivity index (χ0v) is 13.5. The molecule has 0 saturated heterocycles. The molecule has 1 N–H and O–H groups in total. The highest BCUT2D eigenvalue weighted by molar-refractivity contribution is 7.20. The molecule has 0 amide bonds. The first-order valence-corrected chi connectivity index (χ1v) is 7.64. The number of aryl methyl sites for hydroxylation is 1. The number of methoxy groups -OCH3 is 1. The van der Waals surface area contributed by atoms with Gasteiger partial charge in [-0.15, -0.1) is 11.3 Å². The van der Waals surface area contributed by atoms with E-state index < -0.39 is 5.97 Å². The Balaban J connectivity index is 2.60. The Labute approximate surface area is 126 Å². The fraction of sp³-hybridized carbons (Fsp3) is 0.500. The Morgan fingerprint density at radius 1 is 1.43 bits per heavy atom. The van der Waals surface area contributed by atoms with Crippen LogP contribution in [0.5, 0.6) is 0 Å². The van der Waals surface area contributed by atoms with Crippen molar-refractivity contribution in [1.82, 2.24) is 14.9 Å². The van der Waals surface area contributed by atoms with Gasteiger partial charge in [-0.25, -0.2) is 9.78 Å². The highest BCUT2D eigenvalue weighted by Gasteiger charge is 2.21. The Bertz CT molecular complexity index is 720. The number of nitrogens with one attached hydrogen (secondary N) is 1. The largest absolute Gasteiger partial charge is 0.465 e. The van der Waals surface area contributed by atoms with Crippen molar-refractivity contribution in [3.8, 4) is 0 Å². The van der Waals surface area contributed by atoms with Gasteiger partial charge in [0.1, 0.15) is 15.5 Å². The van der Waals surface area contributed by atoms with Gasteiger partial charge in [-0.2, -0.15) is 0 Å². The van der Waals surface area contributed by atoms with Crippen LogP contribution in [0.3, 0.4) is 0 Å². The fourth-order valence-corrected chi connectivity index (χ4v) is 3.35. The Morgan fingerprint density at radius 2 is 2.14 bits per heavy atom. The highest BCUT2D eigenvalue weighted by Crippen LogP contribution is 2.28. The SMILES string of the molecule is CCc1c(C(=O)OC)sc2nc(CN(C)CC)[nH]c(=O)c12. The van der Waals surface area contributed by atoms with E-state index in [4.69, 9.17) is 4.74 Å². The zero-order valence-electron chi connectivity index (χ0n) is 12.6. The topological polar surface area (TPSA) is 75.3 Å². The van der Waals surface area contributed by atoms with Gasteiger partial charge in [0.05, 0.1) is 19.0 Å². The van der Waals surface area contributed by atoms with Gasteiger partial charge in [0.25, 0.3) is 5.56 Å². The van der Waals surface area contributed by atoms with Gasteiger partial charge in [-0.3, -0.25) is 9.69 Å². The van der Waals surface area contributed by atoms with Crippen LogP contribution in [0.2, 0.25) is 0 Å². The number of aromatic amines is 1. The molecule has 7 heteroatoms.